The Bertz CT molecular complexity index is 927. The summed E-state index contributed by atoms with van der Waals surface area (Å²) in [6.45, 7) is 4.85. The molecule has 3 aromatic rings. The van der Waals surface area contributed by atoms with Gasteiger partial charge < -0.3 is 10.6 Å². The molecule has 0 aliphatic carbocycles. The Hall–Kier alpha value is -2.60. The molecule has 1 amide bonds. The number of nitrogens with zero attached hydrogens (tertiary/aromatic N) is 2. The first kappa shape index (κ1) is 20.1. The van der Waals surface area contributed by atoms with Crippen LogP contribution in [0.4, 0.5) is 11.5 Å². The lowest BCUT2D eigenvalue weighted by atomic mass is 10.2. The number of hydrogen-bond acceptors (Lipinski definition) is 5. The Balaban J connectivity index is 1.75. The van der Waals surface area contributed by atoms with Crippen LogP contribution in [0.5, 0.6) is 0 Å². The Kier molecular flexibility index (Phi) is 7.25. The van der Waals surface area contributed by atoms with Gasteiger partial charge in [0.1, 0.15) is 5.82 Å². The normalized spacial score (nSPS) is 10.8. The number of carbonyl (C=O) groups is 1. The second-order valence-corrected chi connectivity index (χ2v) is 7.85. The number of para-hydroxylation sites is 1. The molecule has 2 aromatic carbocycles. The third-order valence-corrected chi connectivity index (χ3v) is 5.49. The quantitative estimate of drug-likeness (QED) is 0.503. The largest absolute Gasteiger partial charge is 0.349 e. The highest BCUT2D eigenvalue weighted by molar-refractivity contribution is 7.99. The molecule has 0 aliphatic rings. The number of carbonyl (C=O) groups excluding carboxylic acids is 1. The van der Waals surface area contributed by atoms with E-state index in [-0.39, 0.29) is 11.7 Å². The molecular weight excluding hydrogens is 368 g/mol. The monoisotopic (exact) mass is 394 g/mol. The van der Waals surface area contributed by atoms with Crippen LogP contribution >= 0.6 is 11.8 Å². The molecule has 0 fully saturated rings. The topological polar surface area (TPSA) is 66.9 Å². The van der Waals surface area contributed by atoms with E-state index in [1.807, 2.05) is 67.2 Å². The summed E-state index contributed by atoms with van der Waals surface area (Å²) in [6, 6.07) is 15.8. The Labute approximate surface area is 170 Å². The van der Waals surface area contributed by atoms with Crippen molar-refractivity contribution in [1.82, 2.24) is 15.3 Å². The van der Waals surface area contributed by atoms with Gasteiger partial charge in [0, 0.05) is 17.6 Å². The first-order valence-corrected chi connectivity index (χ1v) is 10.8. The fourth-order valence-electron chi connectivity index (χ4n) is 2.75. The average molecular weight is 395 g/mol. The molecular formula is C22H26N4OS. The predicted molar refractivity (Wildman–Crippen MR) is 119 cm³/mol. The molecule has 1 aromatic heterocycles. The van der Waals surface area contributed by atoms with Crippen molar-refractivity contribution in [1.29, 1.82) is 0 Å². The highest BCUT2D eigenvalue weighted by Crippen LogP contribution is 2.24. The van der Waals surface area contributed by atoms with Crippen molar-refractivity contribution in [3.63, 3.8) is 0 Å². The fraction of sp³-hybridized carbons (Fsp3) is 0.318. The van der Waals surface area contributed by atoms with Crippen molar-refractivity contribution in [3.05, 3.63) is 59.9 Å². The first-order chi connectivity index (χ1) is 13.7. The van der Waals surface area contributed by atoms with Crippen LogP contribution < -0.4 is 10.6 Å². The summed E-state index contributed by atoms with van der Waals surface area (Å²) in [5, 5.41) is 7.14. The number of amides is 1. The van der Waals surface area contributed by atoms with Gasteiger partial charge >= 0.3 is 0 Å². The van der Waals surface area contributed by atoms with Gasteiger partial charge in [0.25, 0.3) is 5.91 Å². The molecule has 5 nitrogen and oxygen atoms in total. The molecule has 1 heterocycles. The second-order valence-electron chi connectivity index (χ2n) is 6.63. The van der Waals surface area contributed by atoms with Gasteiger partial charge in [-0.2, -0.15) is 11.8 Å². The molecule has 28 heavy (non-hydrogen) atoms. The summed E-state index contributed by atoms with van der Waals surface area (Å²) in [5.74, 6) is 2.80. The van der Waals surface area contributed by atoms with Crippen LogP contribution in [-0.4, -0.2) is 33.9 Å². The van der Waals surface area contributed by atoms with Crippen molar-refractivity contribution in [3.8, 4) is 0 Å². The number of hydrogen-bond donors (Lipinski definition) is 2. The fourth-order valence-corrected chi connectivity index (χ4v) is 3.59. The van der Waals surface area contributed by atoms with E-state index in [0.29, 0.717) is 12.4 Å². The van der Waals surface area contributed by atoms with E-state index in [2.05, 4.69) is 27.5 Å². The van der Waals surface area contributed by atoms with Crippen LogP contribution in [0.3, 0.4) is 0 Å². The predicted octanol–water partition coefficient (Wildman–Crippen LogP) is 4.94. The van der Waals surface area contributed by atoms with E-state index in [1.54, 1.807) is 0 Å². The van der Waals surface area contributed by atoms with E-state index in [1.165, 1.54) is 12.0 Å². The van der Waals surface area contributed by atoms with Gasteiger partial charge in [-0.15, -0.1) is 0 Å². The van der Waals surface area contributed by atoms with E-state index in [0.717, 1.165) is 34.5 Å². The smallest absolute Gasteiger partial charge is 0.289 e. The van der Waals surface area contributed by atoms with Crippen LogP contribution in [0.1, 0.15) is 35.9 Å². The van der Waals surface area contributed by atoms with Crippen molar-refractivity contribution < 1.29 is 4.79 Å². The van der Waals surface area contributed by atoms with Gasteiger partial charge in [0.2, 0.25) is 5.82 Å². The number of aryl methyl sites for hydroxylation is 1. The molecule has 0 atom stereocenters. The first-order valence-electron chi connectivity index (χ1n) is 9.64. The lowest BCUT2D eigenvalue weighted by Gasteiger charge is -2.11. The van der Waals surface area contributed by atoms with E-state index >= 15 is 0 Å². The summed E-state index contributed by atoms with van der Waals surface area (Å²) in [6.07, 6.45) is 2.12. The standard InChI is InChI=1S/C22H26N4OS/c1-3-14-28-15-6-13-23-22(27)21-25-19-8-5-4-7-18(19)20(26-21)24-17-11-9-16(2)10-12-17/h4-5,7-12H,3,6,13-15H2,1-2H3,(H,23,27)(H,24,25,26). The minimum absolute atomic E-state index is 0.189. The van der Waals surface area contributed by atoms with Crippen LogP contribution in [0.2, 0.25) is 0 Å². The third-order valence-electron chi connectivity index (χ3n) is 4.22. The average Bonchev–Trinajstić information content (AvgIpc) is 2.72. The Morgan fingerprint density at radius 3 is 2.61 bits per heavy atom. The molecule has 0 saturated heterocycles. The maximum absolute atomic E-state index is 12.6. The molecule has 0 bridgehead atoms. The van der Waals surface area contributed by atoms with Crippen LogP contribution in [-0.2, 0) is 0 Å². The second kappa shape index (κ2) is 10.1. The van der Waals surface area contributed by atoms with Gasteiger partial charge in [-0.3, -0.25) is 4.79 Å². The van der Waals surface area contributed by atoms with Gasteiger partial charge in [-0.25, -0.2) is 9.97 Å². The summed E-state index contributed by atoms with van der Waals surface area (Å²) in [4.78, 5) is 21.5. The summed E-state index contributed by atoms with van der Waals surface area (Å²) in [5.41, 5.74) is 2.86. The lowest BCUT2D eigenvalue weighted by Crippen LogP contribution is -2.27. The maximum atomic E-state index is 12.6. The van der Waals surface area contributed by atoms with Gasteiger partial charge in [0.05, 0.1) is 5.52 Å². The molecule has 6 heteroatoms. The lowest BCUT2D eigenvalue weighted by molar-refractivity contribution is 0.0944. The molecule has 2 N–H and O–H groups in total. The molecule has 3 rings (SSSR count). The van der Waals surface area contributed by atoms with E-state index in [9.17, 15) is 4.79 Å². The molecule has 0 spiro atoms. The van der Waals surface area contributed by atoms with Gasteiger partial charge in [-0.05, 0) is 55.5 Å². The number of rotatable bonds is 9. The van der Waals surface area contributed by atoms with E-state index in [4.69, 9.17) is 0 Å². The zero-order chi connectivity index (χ0) is 19.8. The summed E-state index contributed by atoms with van der Waals surface area (Å²) < 4.78 is 0. The van der Waals surface area contributed by atoms with Crippen LogP contribution in [0.15, 0.2) is 48.5 Å². The molecule has 0 unspecified atom stereocenters. The van der Waals surface area contributed by atoms with Crippen molar-refractivity contribution >= 4 is 40.1 Å². The van der Waals surface area contributed by atoms with Crippen LogP contribution in [0, 0.1) is 6.92 Å². The van der Waals surface area contributed by atoms with Crippen molar-refractivity contribution in [2.75, 3.05) is 23.4 Å². The Morgan fingerprint density at radius 1 is 1.04 bits per heavy atom. The highest BCUT2D eigenvalue weighted by atomic mass is 32.2. The number of benzene rings is 2. The number of anilines is 2. The Morgan fingerprint density at radius 2 is 1.82 bits per heavy atom. The van der Waals surface area contributed by atoms with Crippen molar-refractivity contribution in [2.24, 2.45) is 0 Å². The van der Waals surface area contributed by atoms with Gasteiger partial charge in [0.15, 0.2) is 0 Å². The number of aromatic nitrogens is 2. The molecule has 146 valence electrons. The van der Waals surface area contributed by atoms with E-state index < -0.39 is 0 Å². The van der Waals surface area contributed by atoms with Crippen LogP contribution in [0.25, 0.3) is 10.9 Å². The minimum atomic E-state index is -0.238. The minimum Gasteiger partial charge on any atom is -0.349 e. The summed E-state index contributed by atoms with van der Waals surface area (Å²) >= 11 is 1.91. The zero-order valence-electron chi connectivity index (χ0n) is 16.4. The zero-order valence-corrected chi connectivity index (χ0v) is 17.2. The third kappa shape index (κ3) is 5.45. The molecule has 0 radical (unpaired) electrons. The summed E-state index contributed by atoms with van der Waals surface area (Å²) in [7, 11) is 0. The van der Waals surface area contributed by atoms with Gasteiger partial charge in [-0.1, -0.05) is 36.8 Å². The highest BCUT2D eigenvalue weighted by Gasteiger charge is 2.14. The number of nitrogens with one attached hydrogen (secondary N) is 2. The number of fused-ring (bicyclic) bond motifs is 1. The van der Waals surface area contributed by atoms with Crippen molar-refractivity contribution in [2.45, 2.75) is 26.7 Å². The number of thioether (sulfide) groups is 1. The maximum Gasteiger partial charge on any atom is 0.289 e. The molecule has 0 saturated carbocycles. The SMILES string of the molecule is CCCSCCCNC(=O)c1nc(Nc2ccc(C)cc2)c2ccccc2n1. The molecule has 0 aliphatic heterocycles.